The number of aromatic nitrogens is 2. The summed E-state index contributed by atoms with van der Waals surface area (Å²) in [4.78, 5) is 0. The van der Waals surface area contributed by atoms with Crippen LogP contribution in [0, 0.1) is 0 Å². The molecular formula is C16H20N4O3S2+2. The molecule has 2 rings (SSSR count). The highest BCUT2D eigenvalue weighted by molar-refractivity contribution is 8.14. The quantitative estimate of drug-likeness (QED) is 0.263. The van der Waals surface area contributed by atoms with E-state index >= 15 is 0 Å². The van der Waals surface area contributed by atoms with Crippen LogP contribution in [0.5, 0.6) is 0 Å². The highest BCUT2D eigenvalue weighted by Crippen LogP contribution is 2.09. The van der Waals surface area contributed by atoms with Gasteiger partial charge in [0, 0.05) is 35.4 Å². The Morgan fingerprint density at radius 2 is 1.20 bits per heavy atom. The minimum Gasteiger partial charge on any atom is -0.410 e. The molecular weight excluding hydrogens is 360 g/mol. The fourth-order valence-corrected chi connectivity index (χ4v) is 2.96. The van der Waals surface area contributed by atoms with Crippen molar-refractivity contribution in [2.45, 2.75) is 13.5 Å². The Bertz CT molecular complexity index is 671. The summed E-state index contributed by atoms with van der Waals surface area (Å²) in [7, 11) is 0. The standard InChI is InChI=1S/C16H18N4O3S2/c1-24-15(17-21)13-3-7-19(8-4-13)11-23-12-20-9-5-14(6-10-20)16(18-22)25-2/h3-10H,11-12H2,1-2H3/p+2. The van der Waals surface area contributed by atoms with Gasteiger partial charge in [-0.15, -0.1) is 23.5 Å². The molecule has 0 aromatic carbocycles. The Morgan fingerprint density at radius 1 is 0.840 bits per heavy atom. The number of hydrogen-bond donors (Lipinski definition) is 2. The molecule has 2 N–H and O–H groups in total. The fourth-order valence-electron chi connectivity index (χ4n) is 2.06. The van der Waals surface area contributed by atoms with Crippen LogP contribution in [0.4, 0.5) is 0 Å². The molecule has 0 aliphatic heterocycles. The molecule has 0 saturated carbocycles. The van der Waals surface area contributed by atoms with Crippen molar-refractivity contribution in [3.63, 3.8) is 0 Å². The van der Waals surface area contributed by atoms with E-state index in [-0.39, 0.29) is 0 Å². The minimum absolute atomic E-state index is 0.397. The van der Waals surface area contributed by atoms with Gasteiger partial charge in [0.05, 0.1) is 0 Å². The van der Waals surface area contributed by atoms with Gasteiger partial charge in [-0.2, -0.15) is 9.13 Å². The first-order valence-electron chi connectivity index (χ1n) is 7.30. The van der Waals surface area contributed by atoms with E-state index < -0.39 is 0 Å². The molecule has 0 fully saturated rings. The van der Waals surface area contributed by atoms with Gasteiger partial charge in [-0.1, -0.05) is 10.3 Å². The van der Waals surface area contributed by atoms with Crippen LogP contribution in [0.1, 0.15) is 11.1 Å². The summed E-state index contributed by atoms with van der Waals surface area (Å²) in [6.07, 6.45) is 11.2. The van der Waals surface area contributed by atoms with E-state index in [0.29, 0.717) is 23.5 Å². The third-order valence-corrected chi connectivity index (χ3v) is 4.73. The van der Waals surface area contributed by atoms with Crippen molar-refractivity contribution >= 4 is 33.6 Å². The summed E-state index contributed by atoms with van der Waals surface area (Å²) in [6.45, 7) is 0.794. The summed E-state index contributed by atoms with van der Waals surface area (Å²) in [5.41, 5.74) is 1.71. The predicted molar refractivity (Wildman–Crippen MR) is 98.0 cm³/mol. The molecule has 2 aromatic rings. The van der Waals surface area contributed by atoms with Gasteiger partial charge in [-0.3, -0.25) is 4.74 Å². The van der Waals surface area contributed by atoms with Crippen molar-refractivity contribution in [3.05, 3.63) is 60.2 Å². The number of nitrogens with zero attached hydrogens (tertiary/aromatic N) is 4. The highest BCUT2D eigenvalue weighted by atomic mass is 32.2. The van der Waals surface area contributed by atoms with E-state index in [0.717, 1.165) is 11.1 Å². The lowest BCUT2D eigenvalue weighted by atomic mass is 10.3. The zero-order chi connectivity index (χ0) is 18.1. The van der Waals surface area contributed by atoms with E-state index in [4.69, 9.17) is 15.2 Å². The van der Waals surface area contributed by atoms with Gasteiger partial charge in [0.25, 0.3) is 13.5 Å². The summed E-state index contributed by atoms with van der Waals surface area (Å²) < 4.78 is 9.44. The Kier molecular flexibility index (Phi) is 7.71. The molecule has 0 saturated heterocycles. The smallest absolute Gasteiger partial charge is 0.257 e. The first-order chi connectivity index (χ1) is 12.2. The Hall–Kier alpha value is -2.10. The van der Waals surface area contributed by atoms with Crippen LogP contribution in [-0.2, 0) is 18.2 Å². The molecule has 0 aliphatic carbocycles. The van der Waals surface area contributed by atoms with E-state index in [1.54, 1.807) is 0 Å². The number of ether oxygens (including phenoxy) is 1. The Morgan fingerprint density at radius 3 is 1.48 bits per heavy atom. The van der Waals surface area contributed by atoms with Gasteiger partial charge >= 0.3 is 0 Å². The molecule has 0 radical (unpaired) electrons. The van der Waals surface area contributed by atoms with Crippen LogP contribution in [-0.4, -0.2) is 33.0 Å². The van der Waals surface area contributed by atoms with Crippen LogP contribution in [0.15, 0.2) is 59.4 Å². The molecule has 0 spiro atoms. The van der Waals surface area contributed by atoms with Crippen molar-refractivity contribution in [2.24, 2.45) is 10.3 Å². The number of oxime groups is 2. The molecule has 2 aromatic heterocycles. The van der Waals surface area contributed by atoms with Crippen molar-refractivity contribution < 1.29 is 24.3 Å². The maximum atomic E-state index is 8.91. The molecule has 132 valence electrons. The third-order valence-electron chi connectivity index (χ3n) is 3.33. The lowest BCUT2D eigenvalue weighted by Crippen LogP contribution is -2.40. The minimum atomic E-state index is 0.397. The second-order valence-corrected chi connectivity index (χ2v) is 6.47. The molecule has 2 heterocycles. The maximum absolute atomic E-state index is 8.91. The van der Waals surface area contributed by atoms with Gasteiger partial charge in [-0.05, 0) is 12.5 Å². The van der Waals surface area contributed by atoms with Crippen molar-refractivity contribution in [3.8, 4) is 0 Å². The highest BCUT2D eigenvalue weighted by Gasteiger charge is 2.09. The molecule has 0 atom stereocenters. The monoisotopic (exact) mass is 380 g/mol. The third kappa shape index (κ3) is 5.45. The predicted octanol–water partition coefficient (Wildman–Crippen LogP) is 1.89. The first kappa shape index (κ1) is 19.2. The lowest BCUT2D eigenvalue weighted by molar-refractivity contribution is -0.788. The molecule has 0 aliphatic rings. The summed E-state index contributed by atoms with van der Waals surface area (Å²) >= 11 is 2.76. The van der Waals surface area contributed by atoms with Crippen molar-refractivity contribution in [2.75, 3.05) is 12.5 Å². The molecule has 25 heavy (non-hydrogen) atoms. The van der Waals surface area contributed by atoms with Crippen LogP contribution in [0.25, 0.3) is 0 Å². The number of pyridine rings is 2. The molecule has 7 nitrogen and oxygen atoms in total. The van der Waals surface area contributed by atoms with Crippen LogP contribution in [0.3, 0.4) is 0 Å². The molecule has 0 unspecified atom stereocenters. The van der Waals surface area contributed by atoms with Gasteiger partial charge in [0.15, 0.2) is 24.8 Å². The largest absolute Gasteiger partial charge is 0.410 e. The topological polar surface area (TPSA) is 82.2 Å². The number of hydrogen-bond acceptors (Lipinski definition) is 7. The van der Waals surface area contributed by atoms with E-state index in [9.17, 15) is 0 Å². The Balaban J connectivity index is 1.88. The van der Waals surface area contributed by atoms with Gasteiger partial charge in [-0.25, -0.2) is 0 Å². The van der Waals surface area contributed by atoms with Gasteiger partial charge in [0.1, 0.15) is 10.1 Å². The van der Waals surface area contributed by atoms with E-state index in [1.165, 1.54) is 23.5 Å². The number of thioether (sulfide) groups is 2. The van der Waals surface area contributed by atoms with Gasteiger partial charge < -0.3 is 10.4 Å². The summed E-state index contributed by atoms with van der Waals surface area (Å²) in [6, 6.07) is 7.48. The zero-order valence-corrected chi connectivity index (χ0v) is 15.6. The summed E-state index contributed by atoms with van der Waals surface area (Å²) in [5.74, 6) is 0. The molecule has 0 amide bonds. The molecule has 9 heteroatoms. The zero-order valence-electron chi connectivity index (χ0n) is 13.9. The van der Waals surface area contributed by atoms with Crippen molar-refractivity contribution in [1.82, 2.24) is 0 Å². The first-order valence-corrected chi connectivity index (χ1v) is 9.75. The average Bonchev–Trinajstić information content (AvgIpc) is 2.66. The fraction of sp³-hybridized carbons (Fsp3) is 0.250. The average molecular weight is 380 g/mol. The van der Waals surface area contributed by atoms with Crippen molar-refractivity contribution in [1.29, 1.82) is 0 Å². The maximum Gasteiger partial charge on any atom is 0.257 e. The SMILES string of the molecule is CS/C(=N/O)c1cc[n+](COC[n+]2ccc(/C(=N\O)SC)cc2)cc1. The Labute approximate surface area is 154 Å². The normalized spacial score (nSPS) is 12.4. The van der Waals surface area contributed by atoms with Crippen LogP contribution >= 0.6 is 23.5 Å². The van der Waals surface area contributed by atoms with Crippen LogP contribution in [0.2, 0.25) is 0 Å². The lowest BCUT2D eigenvalue weighted by Gasteiger charge is -2.02. The van der Waals surface area contributed by atoms with E-state index in [1.807, 2.05) is 70.7 Å². The summed E-state index contributed by atoms with van der Waals surface area (Å²) in [5, 5.41) is 25.5. The van der Waals surface area contributed by atoms with Crippen LogP contribution < -0.4 is 9.13 Å². The second kappa shape index (κ2) is 10.0. The molecule has 0 bridgehead atoms. The second-order valence-electron chi connectivity index (χ2n) is 4.88. The van der Waals surface area contributed by atoms with Gasteiger partial charge in [0.2, 0.25) is 0 Å². The number of rotatable bonds is 6. The van der Waals surface area contributed by atoms with E-state index in [2.05, 4.69) is 10.3 Å².